The lowest BCUT2D eigenvalue weighted by atomic mass is 10.0. The fourth-order valence-corrected chi connectivity index (χ4v) is 4.42. The largest absolute Gasteiger partial charge is 0.486 e. The fourth-order valence-electron chi connectivity index (χ4n) is 3.47. The van der Waals surface area contributed by atoms with Crippen LogP contribution in [0.1, 0.15) is 38.8 Å². The molecule has 0 aliphatic carbocycles. The number of rotatable bonds is 4. The van der Waals surface area contributed by atoms with E-state index in [1.807, 2.05) is 43.0 Å². The first-order valence-electron chi connectivity index (χ1n) is 9.28. The molecular weight excluding hydrogens is 364 g/mol. The van der Waals surface area contributed by atoms with Crippen molar-refractivity contribution in [3.8, 4) is 5.75 Å². The summed E-state index contributed by atoms with van der Waals surface area (Å²) in [6.45, 7) is 6.87. The summed E-state index contributed by atoms with van der Waals surface area (Å²) in [4.78, 5) is 20.0. The topological polar surface area (TPSA) is 60.9 Å². The zero-order valence-corrected chi connectivity index (χ0v) is 16.5. The van der Waals surface area contributed by atoms with Crippen molar-refractivity contribution in [3.63, 3.8) is 0 Å². The number of aromatic nitrogens is 1. The molecule has 0 saturated carbocycles. The van der Waals surface area contributed by atoms with Crippen LogP contribution in [0, 0.1) is 13.8 Å². The molecule has 27 heavy (non-hydrogen) atoms. The summed E-state index contributed by atoms with van der Waals surface area (Å²) < 4.78 is 17.3. The third-order valence-electron chi connectivity index (χ3n) is 5.04. The minimum absolute atomic E-state index is 0.0411. The molecule has 1 spiro atoms. The van der Waals surface area contributed by atoms with Gasteiger partial charge in [0.2, 0.25) is 0 Å². The number of ether oxygens (including phenoxy) is 3. The Labute approximate surface area is 163 Å². The molecule has 2 aromatic rings. The van der Waals surface area contributed by atoms with Crippen molar-refractivity contribution in [3.05, 3.63) is 45.4 Å². The number of nitrogens with zero attached hydrogens (tertiary/aromatic N) is 2. The monoisotopic (exact) mass is 388 g/mol. The molecule has 1 aromatic heterocycles. The number of amides is 1. The van der Waals surface area contributed by atoms with E-state index in [1.165, 1.54) is 16.9 Å². The van der Waals surface area contributed by atoms with Crippen molar-refractivity contribution in [2.24, 2.45) is 0 Å². The van der Waals surface area contributed by atoms with Crippen LogP contribution >= 0.6 is 11.3 Å². The first-order valence-corrected chi connectivity index (χ1v) is 10.1. The molecule has 6 nitrogen and oxygen atoms in total. The predicted octanol–water partition coefficient (Wildman–Crippen LogP) is 3.32. The highest BCUT2D eigenvalue weighted by atomic mass is 32.1. The van der Waals surface area contributed by atoms with Crippen molar-refractivity contribution in [2.75, 3.05) is 26.3 Å². The van der Waals surface area contributed by atoms with Gasteiger partial charge >= 0.3 is 0 Å². The van der Waals surface area contributed by atoms with Crippen LogP contribution in [0.2, 0.25) is 0 Å². The van der Waals surface area contributed by atoms with Gasteiger partial charge in [-0.05, 0) is 26.0 Å². The molecule has 0 unspecified atom stereocenters. The van der Waals surface area contributed by atoms with Crippen molar-refractivity contribution < 1.29 is 19.0 Å². The van der Waals surface area contributed by atoms with E-state index < -0.39 is 5.79 Å². The molecule has 2 aliphatic heterocycles. The maximum absolute atomic E-state index is 12.9. The first-order chi connectivity index (χ1) is 13.0. The average Bonchev–Trinajstić information content (AvgIpc) is 3.28. The van der Waals surface area contributed by atoms with Crippen LogP contribution < -0.4 is 4.74 Å². The van der Waals surface area contributed by atoms with E-state index in [2.05, 4.69) is 4.98 Å². The zero-order chi connectivity index (χ0) is 18.9. The van der Waals surface area contributed by atoms with Gasteiger partial charge in [0.1, 0.15) is 22.2 Å². The van der Waals surface area contributed by atoms with Crippen LogP contribution in [0.15, 0.2) is 24.3 Å². The Kier molecular flexibility index (Phi) is 5.16. The molecule has 0 N–H and O–H groups in total. The maximum Gasteiger partial charge on any atom is 0.265 e. The molecule has 4 rings (SSSR count). The number of benzene rings is 1. The second kappa shape index (κ2) is 7.58. The molecule has 0 bridgehead atoms. The van der Waals surface area contributed by atoms with E-state index >= 15 is 0 Å². The molecule has 3 heterocycles. The van der Waals surface area contributed by atoms with Gasteiger partial charge in [0.25, 0.3) is 5.91 Å². The summed E-state index contributed by atoms with van der Waals surface area (Å²) in [5.74, 6) is 0.380. The van der Waals surface area contributed by atoms with Crippen LogP contribution in [0.5, 0.6) is 5.75 Å². The van der Waals surface area contributed by atoms with Crippen LogP contribution in [0.3, 0.4) is 0 Å². The summed E-state index contributed by atoms with van der Waals surface area (Å²) >= 11 is 1.42. The molecule has 0 atom stereocenters. The average molecular weight is 388 g/mol. The molecule has 1 amide bonds. The highest BCUT2D eigenvalue weighted by Crippen LogP contribution is 2.32. The molecule has 2 fully saturated rings. The summed E-state index contributed by atoms with van der Waals surface area (Å²) in [7, 11) is 0. The van der Waals surface area contributed by atoms with Crippen molar-refractivity contribution in [1.82, 2.24) is 9.88 Å². The lowest BCUT2D eigenvalue weighted by Crippen LogP contribution is -2.47. The number of hydrogen-bond donors (Lipinski definition) is 0. The highest BCUT2D eigenvalue weighted by molar-refractivity contribution is 7.13. The van der Waals surface area contributed by atoms with E-state index in [-0.39, 0.29) is 5.91 Å². The third kappa shape index (κ3) is 4.00. The Balaban J connectivity index is 1.37. The number of likely N-dealkylation sites (tertiary alicyclic amines) is 1. The van der Waals surface area contributed by atoms with Crippen LogP contribution in [0.25, 0.3) is 0 Å². The number of carbonyl (C=O) groups excluding carboxylic acids is 1. The van der Waals surface area contributed by atoms with E-state index in [0.29, 0.717) is 37.8 Å². The number of aryl methyl sites for hydroxylation is 2. The first kappa shape index (κ1) is 18.4. The van der Waals surface area contributed by atoms with Gasteiger partial charge in [0, 0.05) is 25.9 Å². The van der Waals surface area contributed by atoms with Crippen LogP contribution in [-0.4, -0.2) is 47.9 Å². The van der Waals surface area contributed by atoms with Crippen LogP contribution in [-0.2, 0) is 16.1 Å². The summed E-state index contributed by atoms with van der Waals surface area (Å²) in [6.07, 6.45) is 1.44. The summed E-state index contributed by atoms with van der Waals surface area (Å²) in [6, 6.07) is 7.91. The molecule has 2 aliphatic rings. The Hall–Kier alpha value is -1.96. The van der Waals surface area contributed by atoms with Crippen LogP contribution in [0.4, 0.5) is 0 Å². The number of piperidine rings is 1. The third-order valence-corrected chi connectivity index (χ3v) is 6.16. The van der Waals surface area contributed by atoms with Crippen molar-refractivity contribution in [1.29, 1.82) is 0 Å². The van der Waals surface area contributed by atoms with Gasteiger partial charge in [-0.1, -0.05) is 17.7 Å². The van der Waals surface area contributed by atoms with E-state index in [0.717, 1.165) is 29.3 Å². The van der Waals surface area contributed by atoms with Gasteiger partial charge in [0.15, 0.2) is 5.79 Å². The molecular formula is C20H24N2O4S. The highest BCUT2D eigenvalue weighted by Gasteiger charge is 2.41. The zero-order valence-electron chi connectivity index (χ0n) is 15.7. The SMILES string of the molecule is Cc1ccc(OCc2nc(C)c(C(=O)N3CCC4(CC3)OCCO4)s2)cc1. The standard InChI is InChI=1S/C20H24N2O4S/c1-14-3-5-16(6-4-14)24-13-17-21-15(2)18(27-17)19(23)22-9-7-20(8-10-22)25-11-12-26-20/h3-6H,7-13H2,1-2H3. The number of hydrogen-bond acceptors (Lipinski definition) is 6. The Morgan fingerprint density at radius 1 is 1.19 bits per heavy atom. The molecule has 144 valence electrons. The van der Waals surface area contributed by atoms with Gasteiger partial charge in [-0.25, -0.2) is 4.98 Å². The van der Waals surface area contributed by atoms with Gasteiger partial charge in [-0.15, -0.1) is 11.3 Å². The van der Waals surface area contributed by atoms with Gasteiger partial charge in [-0.3, -0.25) is 4.79 Å². The van der Waals surface area contributed by atoms with Crippen molar-refractivity contribution >= 4 is 17.2 Å². The lowest BCUT2D eigenvalue weighted by molar-refractivity contribution is -0.181. The lowest BCUT2D eigenvalue weighted by Gasteiger charge is -2.37. The number of carbonyl (C=O) groups is 1. The smallest absolute Gasteiger partial charge is 0.265 e. The van der Waals surface area contributed by atoms with E-state index in [9.17, 15) is 4.79 Å². The predicted molar refractivity (Wildman–Crippen MR) is 102 cm³/mol. The molecule has 1 aromatic carbocycles. The Bertz CT molecular complexity index is 802. The maximum atomic E-state index is 12.9. The second-order valence-corrected chi connectivity index (χ2v) is 8.11. The molecule has 2 saturated heterocycles. The Morgan fingerprint density at radius 3 is 2.52 bits per heavy atom. The summed E-state index contributed by atoms with van der Waals surface area (Å²) in [5.41, 5.74) is 1.96. The summed E-state index contributed by atoms with van der Waals surface area (Å²) in [5, 5.41) is 0.812. The molecule has 0 radical (unpaired) electrons. The second-order valence-electron chi connectivity index (χ2n) is 7.02. The van der Waals surface area contributed by atoms with E-state index in [1.54, 1.807) is 0 Å². The Morgan fingerprint density at radius 2 is 1.85 bits per heavy atom. The minimum Gasteiger partial charge on any atom is -0.486 e. The quantitative estimate of drug-likeness (QED) is 0.804. The number of thiazole rings is 1. The van der Waals surface area contributed by atoms with E-state index in [4.69, 9.17) is 14.2 Å². The van der Waals surface area contributed by atoms with Gasteiger partial charge < -0.3 is 19.1 Å². The minimum atomic E-state index is -0.466. The van der Waals surface area contributed by atoms with Crippen molar-refractivity contribution in [2.45, 2.75) is 39.1 Å². The fraction of sp³-hybridized carbons (Fsp3) is 0.500. The van der Waals surface area contributed by atoms with Gasteiger partial charge in [-0.2, -0.15) is 0 Å². The normalized spacial score (nSPS) is 18.8. The molecule has 7 heteroatoms. The van der Waals surface area contributed by atoms with Gasteiger partial charge in [0.05, 0.1) is 18.9 Å².